The maximum Gasteiger partial charge on any atom is 0.352 e. The Hall–Kier alpha value is -2.25. The van der Waals surface area contributed by atoms with Crippen LogP contribution < -0.4 is 11.4 Å². The summed E-state index contributed by atoms with van der Waals surface area (Å²) < 4.78 is 2.13. The molecule has 86 valence electrons. The molecule has 0 radical (unpaired) electrons. The lowest BCUT2D eigenvalue weighted by Gasteiger charge is -1.95. The molecule has 16 heavy (non-hydrogen) atoms. The Kier molecular flexibility index (Phi) is 3.33. The highest BCUT2D eigenvalue weighted by atomic mass is 16.2. The number of aromatic nitrogens is 5. The van der Waals surface area contributed by atoms with Gasteiger partial charge in [0.25, 0.3) is 5.91 Å². The maximum atomic E-state index is 11.4. The number of hydrogen-bond acceptors (Lipinski definition) is 5. The molecular formula is C8H12N6O2. The van der Waals surface area contributed by atoms with Crippen molar-refractivity contribution >= 4 is 11.6 Å². The van der Waals surface area contributed by atoms with Crippen molar-refractivity contribution in [1.82, 2.24) is 24.4 Å². The van der Waals surface area contributed by atoms with Gasteiger partial charge in [0, 0.05) is 7.05 Å². The predicted molar refractivity (Wildman–Crippen MR) is 55.9 cm³/mol. The van der Waals surface area contributed by atoms with Crippen molar-refractivity contribution in [1.29, 1.82) is 0 Å². The van der Waals surface area contributed by atoms with Crippen LogP contribution in [0.25, 0.3) is 5.65 Å². The molecule has 0 saturated heterocycles. The van der Waals surface area contributed by atoms with E-state index < -0.39 is 11.6 Å². The van der Waals surface area contributed by atoms with E-state index in [0.29, 0.717) is 0 Å². The summed E-state index contributed by atoms with van der Waals surface area (Å²) in [4.78, 5) is 25.9. The minimum Gasteiger partial charge on any atom is -0.364 e. The molecule has 0 bridgehead atoms. The van der Waals surface area contributed by atoms with E-state index in [0.717, 1.165) is 9.08 Å². The van der Waals surface area contributed by atoms with Gasteiger partial charge in [0.05, 0.1) is 0 Å². The molecule has 2 N–H and O–H groups in total. The number of aryl methyl sites for hydroxylation is 1. The van der Waals surface area contributed by atoms with Gasteiger partial charge in [0.15, 0.2) is 11.3 Å². The van der Waals surface area contributed by atoms with Gasteiger partial charge in [-0.15, -0.1) is 5.10 Å². The Morgan fingerprint density at radius 3 is 2.62 bits per heavy atom. The fourth-order valence-electron chi connectivity index (χ4n) is 1.05. The molecule has 0 atom stereocenters. The van der Waals surface area contributed by atoms with Crippen molar-refractivity contribution in [3.8, 4) is 0 Å². The van der Waals surface area contributed by atoms with Crippen molar-refractivity contribution in [2.45, 2.75) is 13.8 Å². The molecule has 0 unspecified atom stereocenters. The van der Waals surface area contributed by atoms with Gasteiger partial charge in [-0.2, -0.15) is 4.68 Å². The highest BCUT2D eigenvalue weighted by molar-refractivity contribution is 5.96. The van der Waals surface area contributed by atoms with E-state index in [1.54, 1.807) is 0 Å². The van der Waals surface area contributed by atoms with Crippen LogP contribution in [0.2, 0.25) is 0 Å². The zero-order chi connectivity index (χ0) is 12.3. The number of hydrogen-bond donors (Lipinski definition) is 1. The summed E-state index contributed by atoms with van der Waals surface area (Å²) in [6.45, 7) is 4.00. The average Bonchev–Trinajstić information content (AvgIpc) is 2.71. The topological polar surface area (TPSA) is 108 Å². The van der Waals surface area contributed by atoms with Crippen LogP contribution in [0.4, 0.5) is 0 Å². The van der Waals surface area contributed by atoms with Crippen LogP contribution in [0.15, 0.2) is 11.1 Å². The number of nitrogens with two attached hydrogens (primary N) is 1. The van der Waals surface area contributed by atoms with Gasteiger partial charge in [0.1, 0.15) is 6.33 Å². The Morgan fingerprint density at radius 1 is 1.44 bits per heavy atom. The van der Waals surface area contributed by atoms with Crippen LogP contribution in [0.3, 0.4) is 0 Å². The number of fused-ring (bicyclic) bond motifs is 1. The zero-order valence-electron chi connectivity index (χ0n) is 9.21. The molecule has 0 aliphatic rings. The molecule has 0 saturated carbocycles. The molecule has 0 spiro atoms. The Bertz CT molecular complexity index is 569. The number of primary amides is 1. The molecule has 2 aromatic heterocycles. The first-order chi connectivity index (χ1) is 7.61. The number of carbonyl (C=O) groups is 1. The molecule has 0 aliphatic heterocycles. The van der Waals surface area contributed by atoms with Crippen LogP contribution in [-0.4, -0.2) is 30.3 Å². The number of rotatable bonds is 1. The Labute approximate surface area is 90.7 Å². The number of carbonyl (C=O) groups excluding carboxylic acids is 1. The van der Waals surface area contributed by atoms with Gasteiger partial charge in [-0.25, -0.2) is 14.2 Å². The lowest BCUT2D eigenvalue weighted by Crippen LogP contribution is -2.27. The van der Waals surface area contributed by atoms with Crippen LogP contribution in [0, 0.1) is 0 Å². The molecule has 2 aromatic rings. The van der Waals surface area contributed by atoms with Gasteiger partial charge in [-0.05, 0) is 0 Å². The SMILES string of the molecule is CC.Cn1nnc2c(C(N)=O)ncn2c1=O. The monoisotopic (exact) mass is 224 g/mol. The quantitative estimate of drug-likeness (QED) is 0.664. The normalized spacial score (nSPS) is 9.69. The highest BCUT2D eigenvalue weighted by Crippen LogP contribution is 2.00. The summed E-state index contributed by atoms with van der Waals surface area (Å²) in [6.07, 6.45) is 1.19. The molecular weight excluding hydrogens is 212 g/mol. The third-order valence-corrected chi connectivity index (χ3v) is 1.73. The zero-order valence-corrected chi connectivity index (χ0v) is 9.21. The molecule has 1 amide bonds. The predicted octanol–water partition coefficient (Wildman–Crippen LogP) is -1.05. The maximum absolute atomic E-state index is 11.4. The first kappa shape index (κ1) is 11.8. The fourth-order valence-corrected chi connectivity index (χ4v) is 1.05. The van der Waals surface area contributed by atoms with E-state index in [1.165, 1.54) is 13.4 Å². The summed E-state index contributed by atoms with van der Waals surface area (Å²) in [5.74, 6) is -0.741. The number of nitrogens with zero attached hydrogens (tertiary/aromatic N) is 5. The first-order valence-corrected chi connectivity index (χ1v) is 4.68. The van der Waals surface area contributed by atoms with E-state index in [-0.39, 0.29) is 11.3 Å². The molecule has 2 heterocycles. The summed E-state index contributed by atoms with van der Waals surface area (Å²) in [5, 5.41) is 7.14. The Morgan fingerprint density at radius 2 is 2.06 bits per heavy atom. The summed E-state index contributed by atoms with van der Waals surface area (Å²) in [7, 11) is 1.44. The van der Waals surface area contributed by atoms with Crippen molar-refractivity contribution in [2.75, 3.05) is 0 Å². The third kappa shape index (κ3) is 1.76. The van der Waals surface area contributed by atoms with Gasteiger partial charge >= 0.3 is 5.69 Å². The van der Waals surface area contributed by atoms with Crippen LogP contribution in [0.1, 0.15) is 24.3 Å². The van der Waals surface area contributed by atoms with Gasteiger partial charge in [-0.3, -0.25) is 4.79 Å². The fraction of sp³-hybridized carbons (Fsp3) is 0.375. The van der Waals surface area contributed by atoms with Gasteiger partial charge in [0.2, 0.25) is 0 Å². The van der Waals surface area contributed by atoms with E-state index >= 15 is 0 Å². The van der Waals surface area contributed by atoms with Crippen molar-refractivity contribution in [2.24, 2.45) is 12.8 Å². The molecule has 0 fully saturated rings. The van der Waals surface area contributed by atoms with Gasteiger partial charge < -0.3 is 5.73 Å². The second-order valence-electron chi connectivity index (χ2n) is 2.65. The number of amides is 1. The molecule has 0 aliphatic carbocycles. The molecule has 8 nitrogen and oxygen atoms in total. The first-order valence-electron chi connectivity index (χ1n) is 4.68. The van der Waals surface area contributed by atoms with Crippen molar-refractivity contribution in [3.05, 3.63) is 22.5 Å². The highest BCUT2D eigenvalue weighted by Gasteiger charge is 2.13. The molecule has 8 heteroatoms. The second-order valence-corrected chi connectivity index (χ2v) is 2.65. The van der Waals surface area contributed by atoms with Crippen LogP contribution in [-0.2, 0) is 7.05 Å². The van der Waals surface area contributed by atoms with Gasteiger partial charge in [-0.1, -0.05) is 19.1 Å². The molecule has 2 rings (SSSR count). The largest absolute Gasteiger partial charge is 0.364 e. The van der Waals surface area contributed by atoms with Crippen molar-refractivity contribution < 1.29 is 4.79 Å². The Balaban J connectivity index is 0.000000606. The lowest BCUT2D eigenvalue weighted by atomic mass is 10.4. The van der Waals surface area contributed by atoms with Crippen LogP contribution >= 0.6 is 0 Å². The molecule has 0 aromatic carbocycles. The van der Waals surface area contributed by atoms with E-state index in [9.17, 15) is 9.59 Å². The summed E-state index contributed by atoms with van der Waals surface area (Å²) in [5.41, 5.74) is 4.60. The average molecular weight is 224 g/mol. The van der Waals surface area contributed by atoms with E-state index in [1.807, 2.05) is 13.8 Å². The van der Waals surface area contributed by atoms with E-state index in [2.05, 4.69) is 15.3 Å². The smallest absolute Gasteiger partial charge is 0.352 e. The second kappa shape index (κ2) is 4.51. The van der Waals surface area contributed by atoms with Crippen LogP contribution in [0.5, 0.6) is 0 Å². The third-order valence-electron chi connectivity index (χ3n) is 1.73. The van der Waals surface area contributed by atoms with E-state index in [4.69, 9.17) is 5.73 Å². The summed E-state index contributed by atoms with van der Waals surface area (Å²) in [6, 6.07) is 0. The standard InChI is InChI=1S/C6H6N6O2.C2H6/c1-11-6(14)12-2-8-3(4(7)13)5(12)9-10-11;1-2/h2H,1H3,(H2,7,13);1-2H3. The summed E-state index contributed by atoms with van der Waals surface area (Å²) >= 11 is 0. The van der Waals surface area contributed by atoms with Crippen molar-refractivity contribution in [3.63, 3.8) is 0 Å². The minimum atomic E-state index is -0.741. The number of imidazole rings is 1. The minimum absolute atomic E-state index is 0.0600. The lowest BCUT2D eigenvalue weighted by molar-refractivity contribution is 0.0997.